The fourth-order valence-corrected chi connectivity index (χ4v) is 3.46. The molecule has 1 unspecified atom stereocenters. The molecule has 0 bridgehead atoms. The number of nitrogens with one attached hydrogen (secondary N) is 2. The Morgan fingerprint density at radius 1 is 1.30 bits per heavy atom. The molecule has 1 aromatic carbocycles. The summed E-state index contributed by atoms with van der Waals surface area (Å²) < 4.78 is 19.2. The predicted molar refractivity (Wildman–Crippen MR) is 131 cm³/mol. The van der Waals surface area contributed by atoms with Crippen molar-refractivity contribution in [1.29, 1.82) is 0 Å². The lowest BCUT2D eigenvalue weighted by molar-refractivity contribution is 0.414. The summed E-state index contributed by atoms with van der Waals surface area (Å²) in [6, 6.07) is 11.5. The van der Waals surface area contributed by atoms with E-state index in [-0.39, 0.29) is 35.8 Å². The van der Waals surface area contributed by atoms with Gasteiger partial charge in [0, 0.05) is 38.4 Å². The Labute approximate surface area is 195 Å². The molecule has 164 valence electrons. The van der Waals surface area contributed by atoms with Crippen molar-refractivity contribution < 1.29 is 9.13 Å². The summed E-state index contributed by atoms with van der Waals surface area (Å²) in [6.07, 6.45) is 4.50. The molecular formula is C22H31FIN5O. The summed E-state index contributed by atoms with van der Waals surface area (Å²) in [7, 11) is 1.68. The Balaban J connectivity index is 0.00000320. The number of rotatable bonds is 8. The number of ether oxygens (including phenoxy) is 1. The molecule has 0 radical (unpaired) electrons. The zero-order valence-electron chi connectivity index (χ0n) is 17.6. The third kappa shape index (κ3) is 7.00. The van der Waals surface area contributed by atoms with Gasteiger partial charge in [-0.05, 0) is 56.0 Å². The summed E-state index contributed by atoms with van der Waals surface area (Å²) >= 11 is 0. The maximum Gasteiger partial charge on any atom is 0.191 e. The van der Waals surface area contributed by atoms with Crippen LogP contribution in [-0.4, -0.2) is 50.3 Å². The Kier molecular flexibility index (Phi) is 10.1. The zero-order chi connectivity index (χ0) is 20.5. The number of methoxy groups -OCH3 is 1. The molecule has 3 rings (SSSR count). The number of hydrogen-bond acceptors (Lipinski definition) is 4. The molecule has 1 fully saturated rings. The number of halogens is 2. The van der Waals surface area contributed by atoms with Crippen LogP contribution in [0.5, 0.6) is 5.75 Å². The van der Waals surface area contributed by atoms with E-state index in [0.717, 1.165) is 50.6 Å². The van der Waals surface area contributed by atoms with Crippen LogP contribution in [0.15, 0.2) is 47.6 Å². The standard InChI is InChI=1S/C22H30FN5O.HI/c1-3-24-22(26-14-4-6-17-8-10-19(29-2)11-9-17)27-18-12-15-28(16-18)21-20(23)7-5-13-25-21;/h5,7-11,13,18H,3-4,6,12,14-16H2,1-2H3,(H2,24,26,27);1H. The minimum Gasteiger partial charge on any atom is -0.497 e. The fourth-order valence-electron chi connectivity index (χ4n) is 3.46. The molecule has 2 aromatic rings. The highest BCUT2D eigenvalue weighted by molar-refractivity contribution is 14.0. The van der Waals surface area contributed by atoms with Gasteiger partial charge in [0.25, 0.3) is 0 Å². The molecule has 1 saturated heterocycles. The van der Waals surface area contributed by atoms with E-state index >= 15 is 0 Å². The van der Waals surface area contributed by atoms with Gasteiger partial charge in [-0.3, -0.25) is 4.99 Å². The van der Waals surface area contributed by atoms with Gasteiger partial charge in [0.05, 0.1) is 7.11 Å². The molecule has 1 aromatic heterocycles. The van der Waals surface area contributed by atoms with Crippen molar-refractivity contribution in [3.05, 3.63) is 54.0 Å². The van der Waals surface area contributed by atoms with Gasteiger partial charge in [-0.15, -0.1) is 24.0 Å². The summed E-state index contributed by atoms with van der Waals surface area (Å²) in [5.74, 6) is 1.85. The lowest BCUT2D eigenvalue weighted by Gasteiger charge is -2.20. The topological polar surface area (TPSA) is 61.8 Å². The molecule has 2 N–H and O–H groups in total. The second-order valence-electron chi connectivity index (χ2n) is 7.10. The van der Waals surface area contributed by atoms with Gasteiger partial charge in [-0.25, -0.2) is 9.37 Å². The highest BCUT2D eigenvalue weighted by Crippen LogP contribution is 2.20. The fraction of sp³-hybridized carbons (Fsp3) is 0.455. The van der Waals surface area contributed by atoms with Gasteiger partial charge in [-0.1, -0.05) is 12.1 Å². The van der Waals surface area contributed by atoms with Crippen LogP contribution in [0.4, 0.5) is 10.2 Å². The van der Waals surface area contributed by atoms with Crippen molar-refractivity contribution >= 4 is 35.8 Å². The average Bonchev–Trinajstić information content (AvgIpc) is 3.20. The maximum atomic E-state index is 14.0. The first-order valence-electron chi connectivity index (χ1n) is 10.2. The monoisotopic (exact) mass is 527 g/mol. The highest BCUT2D eigenvalue weighted by Gasteiger charge is 2.25. The number of benzene rings is 1. The number of guanidine groups is 1. The van der Waals surface area contributed by atoms with Crippen LogP contribution in [-0.2, 0) is 6.42 Å². The summed E-state index contributed by atoms with van der Waals surface area (Å²) in [5.41, 5.74) is 1.28. The third-order valence-electron chi connectivity index (χ3n) is 4.96. The second kappa shape index (κ2) is 12.6. The highest BCUT2D eigenvalue weighted by atomic mass is 127. The average molecular weight is 527 g/mol. The van der Waals surface area contributed by atoms with Crippen LogP contribution in [0.2, 0.25) is 0 Å². The quantitative estimate of drug-likeness (QED) is 0.238. The number of hydrogen-bond donors (Lipinski definition) is 2. The van der Waals surface area contributed by atoms with E-state index in [1.807, 2.05) is 17.0 Å². The minimum atomic E-state index is -0.271. The molecular weight excluding hydrogens is 496 g/mol. The minimum absolute atomic E-state index is 0. The van der Waals surface area contributed by atoms with E-state index in [9.17, 15) is 4.39 Å². The second-order valence-corrected chi connectivity index (χ2v) is 7.10. The number of aromatic nitrogens is 1. The first-order chi connectivity index (χ1) is 14.2. The van der Waals surface area contributed by atoms with Crippen molar-refractivity contribution in [2.24, 2.45) is 4.99 Å². The molecule has 0 spiro atoms. The van der Waals surface area contributed by atoms with Crippen molar-refractivity contribution in [1.82, 2.24) is 15.6 Å². The molecule has 30 heavy (non-hydrogen) atoms. The van der Waals surface area contributed by atoms with E-state index in [0.29, 0.717) is 12.4 Å². The molecule has 1 aliphatic rings. The van der Waals surface area contributed by atoms with Gasteiger partial charge in [0.15, 0.2) is 17.6 Å². The largest absolute Gasteiger partial charge is 0.497 e. The van der Waals surface area contributed by atoms with Crippen LogP contribution >= 0.6 is 24.0 Å². The normalized spacial score (nSPS) is 16.2. The van der Waals surface area contributed by atoms with Crippen molar-refractivity contribution in [3.8, 4) is 5.75 Å². The van der Waals surface area contributed by atoms with Gasteiger partial charge >= 0.3 is 0 Å². The summed E-state index contributed by atoms with van der Waals surface area (Å²) in [4.78, 5) is 10.9. The van der Waals surface area contributed by atoms with Crippen molar-refractivity contribution in [2.75, 3.05) is 38.2 Å². The van der Waals surface area contributed by atoms with Gasteiger partial charge in [0.1, 0.15) is 5.75 Å². The van der Waals surface area contributed by atoms with E-state index in [1.165, 1.54) is 11.6 Å². The van der Waals surface area contributed by atoms with Crippen LogP contribution in [0, 0.1) is 5.82 Å². The Morgan fingerprint density at radius 3 is 2.80 bits per heavy atom. The number of aryl methyl sites for hydroxylation is 1. The van der Waals surface area contributed by atoms with Crippen LogP contribution in [0.25, 0.3) is 0 Å². The van der Waals surface area contributed by atoms with E-state index < -0.39 is 0 Å². The van der Waals surface area contributed by atoms with E-state index in [2.05, 4.69) is 34.7 Å². The van der Waals surface area contributed by atoms with E-state index in [1.54, 1.807) is 19.4 Å². The van der Waals surface area contributed by atoms with E-state index in [4.69, 9.17) is 9.73 Å². The molecule has 2 heterocycles. The zero-order valence-corrected chi connectivity index (χ0v) is 19.9. The van der Waals surface area contributed by atoms with Crippen molar-refractivity contribution in [2.45, 2.75) is 32.2 Å². The van der Waals surface area contributed by atoms with Gasteiger partial charge in [-0.2, -0.15) is 0 Å². The third-order valence-corrected chi connectivity index (χ3v) is 4.96. The maximum absolute atomic E-state index is 14.0. The van der Waals surface area contributed by atoms with Crippen LogP contribution in [0.3, 0.4) is 0 Å². The van der Waals surface area contributed by atoms with Crippen LogP contribution < -0.4 is 20.3 Å². The molecule has 0 aliphatic carbocycles. The first kappa shape index (κ1) is 24.2. The summed E-state index contributed by atoms with van der Waals surface area (Å²) in [5, 5.41) is 6.78. The Hall–Kier alpha value is -2.10. The summed E-state index contributed by atoms with van der Waals surface area (Å²) in [6.45, 7) is 5.09. The predicted octanol–water partition coefficient (Wildman–Crippen LogP) is 3.61. The number of aliphatic imine (C=N–C) groups is 1. The molecule has 6 nitrogen and oxygen atoms in total. The molecule has 0 amide bonds. The smallest absolute Gasteiger partial charge is 0.191 e. The Morgan fingerprint density at radius 2 is 2.10 bits per heavy atom. The van der Waals surface area contributed by atoms with Crippen LogP contribution in [0.1, 0.15) is 25.3 Å². The Bertz CT molecular complexity index is 802. The molecule has 1 aliphatic heterocycles. The SMILES string of the molecule is CCNC(=NCCCc1ccc(OC)cc1)NC1CCN(c2ncccc2F)C1.I. The lowest BCUT2D eigenvalue weighted by atomic mass is 10.1. The first-order valence-corrected chi connectivity index (χ1v) is 10.2. The number of anilines is 1. The molecule has 8 heteroatoms. The number of nitrogens with zero attached hydrogens (tertiary/aromatic N) is 3. The number of pyridine rings is 1. The lowest BCUT2D eigenvalue weighted by Crippen LogP contribution is -2.44. The molecule has 1 atom stereocenters. The molecule has 0 saturated carbocycles. The van der Waals surface area contributed by atoms with Crippen molar-refractivity contribution in [3.63, 3.8) is 0 Å². The van der Waals surface area contributed by atoms with Gasteiger partial charge < -0.3 is 20.3 Å². The van der Waals surface area contributed by atoms with Gasteiger partial charge in [0.2, 0.25) is 0 Å².